The van der Waals surface area contributed by atoms with Crippen LogP contribution in [0.2, 0.25) is 0 Å². The Morgan fingerprint density at radius 1 is 0.176 bits per heavy atom. The number of rotatable bonds is 60. The first-order chi connectivity index (χ1) is 40.6. The van der Waals surface area contributed by atoms with E-state index in [1.54, 1.807) is 0 Å². The molecular weight excluding hydrogens is 1290 g/mol. The molecule has 0 aromatic heterocycles. The Bertz CT molecular complexity index is 1090. The predicted octanol–water partition coefficient (Wildman–Crippen LogP) is 19.0. The summed E-state index contributed by atoms with van der Waals surface area (Å²) in [6.45, 7) is 15.4. The summed E-state index contributed by atoms with van der Waals surface area (Å²) in [7, 11) is -15.8. The fraction of sp³-hybridized carbons (Fsp3) is 1.00. The smallest absolute Gasteiger partial charge is 0.488 e. The minimum atomic E-state index is -2.63. The van der Waals surface area contributed by atoms with Crippen LogP contribution in [-0.4, -0.2) is 39.6 Å². The molecule has 0 aromatic rings. The normalized spacial score (nSPS) is 11.6. The average Bonchev–Trinajstić information content (AvgIpc) is 3.45. The van der Waals surface area contributed by atoms with Gasteiger partial charge in [-0.1, -0.05) is 311 Å². The van der Waals surface area contributed by atoms with Crippen molar-refractivity contribution in [2.45, 2.75) is 350 Å². The van der Waals surface area contributed by atoms with Gasteiger partial charge in [0, 0.05) is 21.1 Å². The summed E-state index contributed by atoms with van der Waals surface area (Å²) in [4.78, 5) is 60.1. The molecule has 0 bridgehead atoms. The van der Waals surface area contributed by atoms with Crippen LogP contribution < -0.4 is 29.4 Å². The molecule has 510 valence electrons. The first-order valence-corrected chi connectivity index (χ1v) is 39.8. The van der Waals surface area contributed by atoms with Crippen molar-refractivity contribution in [1.29, 1.82) is 0 Å². The van der Waals surface area contributed by atoms with Crippen LogP contribution in [0.5, 0.6) is 0 Å². The van der Waals surface area contributed by atoms with Gasteiger partial charge in [0.2, 0.25) is 0 Å². The summed E-state index contributed by atoms with van der Waals surface area (Å²) < 4.78 is 86.8. The zero-order valence-corrected chi connectivity index (χ0v) is 62.0. The minimum Gasteiger partial charge on any atom is -0.566 e. The van der Waals surface area contributed by atoms with Crippen LogP contribution in [0.15, 0.2) is 0 Å². The molecule has 0 amide bonds. The van der Waals surface area contributed by atoms with Gasteiger partial charge in [-0.15, -0.1) is 27.1 Å². The van der Waals surface area contributed by atoms with Gasteiger partial charge in [0.05, 0.1) is 0 Å². The van der Waals surface area contributed by atoms with E-state index >= 15 is 0 Å². The third-order valence-electron chi connectivity index (χ3n) is 13.2. The second kappa shape index (κ2) is 95.9. The Morgan fingerprint density at radius 2 is 0.259 bits per heavy atom. The molecule has 0 saturated carbocycles. The van der Waals surface area contributed by atoms with E-state index in [1.807, 2.05) is 0 Å². The molecule has 18 nitrogen and oxygen atoms in total. The Balaban J connectivity index is -0.000000171. The summed E-state index contributed by atoms with van der Waals surface area (Å²) in [5.41, 5.74) is 0. The molecule has 0 aromatic carbocycles. The van der Waals surface area contributed by atoms with Gasteiger partial charge in [0.15, 0.2) is 0 Å². The van der Waals surface area contributed by atoms with Gasteiger partial charge in [0.1, 0.15) is 39.6 Å². The number of hydrogen-bond acceptors (Lipinski definition) is 18. The summed E-state index contributed by atoms with van der Waals surface area (Å²) >= 11 is 0. The molecule has 0 aliphatic heterocycles. The second-order valence-corrected chi connectivity index (χ2v) is 25.4. The number of hydrogen-bond donors (Lipinski definition) is 0. The average molecular weight is 1420 g/mol. The van der Waals surface area contributed by atoms with Crippen LogP contribution in [0, 0.1) is 0 Å². The molecule has 0 saturated heterocycles. The number of unbranched alkanes of at least 4 members (excludes halogenated alkanes) is 42. The molecule has 0 spiro atoms. The Hall–Kier alpha value is 0.808. The fourth-order valence-electron chi connectivity index (χ4n) is 8.25. The van der Waals surface area contributed by atoms with Crippen molar-refractivity contribution in [2.75, 3.05) is 39.6 Å². The summed E-state index contributed by atoms with van der Waals surface area (Å²) in [5.74, 6) is 0. The van der Waals surface area contributed by atoms with Crippen molar-refractivity contribution < 1.29 is 105 Å². The van der Waals surface area contributed by atoms with Crippen molar-refractivity contribution in [3.05, 3.63) is 0 Å². The molecule has 0 aliphatic carbocycles. The molecule has 0 radical (unpaired) electrons. The van der Waals surface area contributed by atoms with E-state index in [0.717, 1.165) is 77.0 Å². The SMILES string of the molecule is CCCCCCCCCCO[P+](=O)[O-].CCCCCCCCCCO[P+](=O)[O-].CCCCCCCCCCO[P+](=O)[O-].CCCCCCCCCCO[P+](=O)[O-].CCCCCCCCCCO[P+](=O)[O-].CCCCCCCCCCO[P+](=O)[O-].[Mo]. The van der Waals surface area contributed by atoms with E-state index in [4.69, 9.17) is 0 Å². The van der Waals surface area contributed by atoms with Crippen LogP contribution in [0.4, 0.5) is 0 Å². The third kappa shape index (κ3) is 130. The summed E-state index contributed by atoms with van der Waals surface area (Å²) in [6.07, 6.45) is 58.0. The van der Waals surface area contributed by atoms with Crippen LogP contribution in [0.1, 0.15) is 350 Å². The van der Waals surface area contributed by atoms with Gasteiger partial charge in [0.25, 0.3) is 0 Å². The van der Waals surface area contributed by atoms with E-state index in [0.29, 0.717) is 39.6 Å². The monoisotopic (exact) mass is 1420 g/mol. The molecule has 0 heterocycles. The van der Waals surface area contributed by atoms with Gasteiger partial charge >= 0.3 is 49.5 Å². The van der Waals surface area contributed by atoms with E-state index in [1.165, 1.54) is 231 Å². The van der Waals surface area contributed by atoms with Crippen molar-refractivity contribution in [3.8, 4) is 0 Å². The van der Waals surface area contributed by atoms with Gasteiger partial charge in [-0.05, 0) is 65.9 Å². The molecule has 6 unspecified atom stereocenters. The molecule has 0 N–H and O–H groups in total. The van der Waals surface area contributed by atoms with Crippen LogP contribution in [0.3, 0.4) is 0 Å². The summed E-state index contributed by atoms with van der Waals surface area (Å²) in [6, 6.07) is 0. The molecule has 85 heavy (non-hydrogen) atoms. The summed E-state index contributed by atoms with van der Waals surface area (Å²) in [5, 5.41) is 0. The zero-order chi connectivity index (χ0) is 63.9. The van der Waals surface area contributed by atoms with Crippen molar-refractivity contribution in [2.24, 2.45) is 0 Å². The van der Waals surface area contributed by atoms with Crippen molar-refractivity contribution >= 4 is 49.5 Å². The molecule has 25 heteroatoms. The maximum Gasteiger partial charge on any atom is 0.488 e. The maximum absolute atomic E-state index is 10.0. The molecule has 0 aliphatic rings. The van der Waals surface area contributed by atoms with Crippen LogP contribution in [-0.2, 0) is 75.6 Å². The van der Waals surface area contributed by atoms with E-state index in [-0.39, 0.29) is 21.1 Å². The minimum absolute atomic E-state index is 0. The molecule has 0 fully saturated rings. The van der Waals surface area contributed by atoms with Gasteiger partial charge in [-0.25, -0.2) is 0 Å². The Morgan fingerprint density at radius 3 is 0.341 bits per heavy atom. The van der Waals surface area contributed by atoms with E-state index < -0.39 is 49.5 Å². The predicted molar refractivity (Wildman–Crippen MR) is 337 cm³/mol. The largest absolute Gasteiger partial charge is 0.566 e. The standard InChI is InChI=1S/6C10H21O3P.Mo/c6*1-2-3-4-5-6-7-8-9-10-13-14(11)12;/h6*2-10H2,1H3;. The van der Waals surface area contributed by atoms with E-state index in [9.17, 15) is 56.8 Å². The Labute approximate surface area is 540 Å². The molecular formula is C60H126MoO18P6. The fourth-order valence-corrected chi connectivity index (χ4v) is 9.92. The quantitative estimate of drug-likeness (QED) is 0.0310. The first kappa shape index (κ1) is 99.4. The van der Waals surface area contributed by atoms with Gasteiger partial charge < -0.3 is 29.4 Å². The van der Waals surface area contributed by atoms with Crippen LogP contribution in [0.25, 0.3) is 0 Å². The van der Waals surface area contributed by atoms with Crippen molar-refractivity contribution in [3.63, 3.8) is 0 Å². The second-order valence-electron chi connectivity index (χ2n) is 21.2. The van der Waals surface area contributed by atoms with Crippen LogP contribution >= 0.6 is 49.5 Å². The zero-order valence-electron chi connectivity index (χ0n) is 54.6. The van der Waals surface area contributed by atoms with E-state index in [2.05, 4.69) is 68.7 Å². The van der Waals surface area contributed by atoms with Crippen molar-refractivity contribution in [1.82, 2.24) is 0 Å². The third-order valence-corrected chi connectivity index (χ3v) is 15.5. The van der Waals surface area contributed by atoms with Gasteiger partial charge in [-0.2, -0.15) is 0 Å². The molecule has 6 atom stereocenters. The molecule has 0 rings (SSSR count). The first-order valence-electron chi connectivity index (χ1n) is 33.3. The van der Waals surface area contributed by atoms with Gasteiger partial charge in [-0.3, -0.25) is 0 Å². The maximum atomic E-state index is 10.0. The topological polar surface area (TPSA) is 296 Å². The Kier molecular flexibility index (Phi) is 112.